The summed E-state index contributed by atoms with van der Waals surface area (Å²) < 4.78 is 20.0. The number of hydrogen-bond donors (Lipinski definition) is 1. The molecule has 0 aliphatic carbocycles. The van der Waals surface area contributed by atoms with Crippen LogP contribution < -0.4 is 0 Å². The molecule has 7 heteroatoms. The molecule has 4 rings (SSSR count). The number of aliphatic hydroxyl groups is 1. The molecule has 22 heavy (non-hydrogen) atoms. The topological polar surface area (TPSA) is 63.6 Å². The van der Waals surface area contributed by atoms with Crippen molar-refractivity contribution in [2.75, 3.05) is 0 Å². The highest BCUT2D eigenvalue weighted by Crippen LogP contribution is 2.31. The number of furan rings is 1. The maximum Gasteiger partial charge on any atom is 0.213 e. The molecule has 0 fully saturated rings. The van der Waals surface area contributed by atoms with Crippen LogP contribution in [0.15, 0.2) is 47.1 Å². The minimum absolute atomic E-state index is 0.213. The van der Waals surface area contributed by atoms with Gasteiger partial charge in [0.2, 0.25) is 4.96 Å². The van der Waals surface area contributed by atoms with Crippen molar-refractivity contribution in [3.63, 3.8) is 0 Å². The smallest absolute Gasteiger partial charge is 0.213 e. The first-order valence-corrected chi connectivity index (χ1v) is 7.37. The second-order valence-corrected chi connectivity index (χ2v) is 5.61. The fourth-order valence-corrected chi connectivity index (χ4v) is 3.16. The highest BCUT2D eigenvalue weighted by molar-refractivity contribution is 7.19. The van der Waals surface area contributed by atoms with Gasteiger partial charge in [-0.05, 0) is 36.4 Å². The van der Waals surface area contributed by atoms with E-state index in [1.54, 1.807) is 29.0 Å². The second-order valence-electron chi connectivity index (χ2n) is 4.65. The highest BCUT2D eigenvalue weighted by atomic mass is 32.1. The number of imidazole rings is 1. The second kappa shape index (κ2) is 5.04. The van der Waals surface area contributed by atoms with Gasteiger partial charge < -0.3 is 9.52 Å². The number of halogens is 1. The van der Waals surface area contributed by atoms with E-state index in [1.165, 1.54) is 23.5 Å². The minimum atomic E-state index is -0.312. The molecule has 0 saturated heterocycles. The lowest BCUT2D eigenvalue weighted by atomic mass is 10.1. The van der Waals surface area contributed by atoms with E-state index in [9.17, 15) is 9.50 Å². The average molecular weight is 315 g/mol. The van der Waals surface area contributed by atoms with E-state index in [0.717, 1.165) is 5.56 Å². The van der Waals surface area contributed by atoms with Gasteiger partial charge in [-0.1, -0.05) is 11.3 Å². The Morgan fingerprint density at radius 2 is 2.05 bits per heavy atom. The van der Waals surface area contributed by atoms with Crippen LogP contribution in [0.2, 0.25) is 0 Å². The fraction of sp³-hybridized carbons (Fsp3) is 0.0667. The molecular formula is C15H10FN3O2S. The average Bonchev–Trinajstić information content (AvgIpc) is 3.22. The number of rotatable bonds is 3. The van der Waals surface area contributed by atoms with Crippen LogP contribution in [0.25, 0.3) is 27.0 Å². The molecule has 110 valence electrons. The Hall–Kier alpha value is -2.51. The van der Waals surface area contributed by atoms with Crippen LogP contribution in [0.1, 0.15) is 5.69 Å². The lowest BCUT2D eigenvalue weighted by Crippen LogP contribution is -1.95. The summed E-state index contributed by atoms with van der Waals surface area (Å²) in [7, 11) is 0. The summed E-state index contributed by atoms with van der Waals surface area (Å²) in [5.41, 5.74) is 1.91. The first-order valence-electron chi connectivity index (χ1n) is 6.55. The molecule has 3 heterocycles. The van der Waals surface area contributed by atoms with Crippen molar-refractivity contribution in [2.45, 2.75) is 6.61 Å². The monoisotopic (exact) mass is 315 g/mol. The van der Waals surface area contributed by atoms with Gasteiger partial charge in [-0.15, -0.1) is 0 Å². The van der Waals surface area contributed by atoms with E-state index < -0.39 is 0 Å². The number of nitrogens with zero attached hydrogens (tertiary/aromatic N) is 3. The van der Waals surface area contributed by atoms with Gasteiger partial charge in [-0.25, -0.2) is 13.9 Å². The van der Waals surface area contributed by atoms with Crippen molar-refractivity contribution >= 4 is 16.3 Å². The molecule has 0 bridgehead atoms. The van der Waals surface area contributed by atoms with E-state index in [2.05, 4.69) is 10.1 Å². The van der Waals surface area contributed by atoms with E-state index >= 15 is 0 Å². The minimum Gasteiger partial charge on any atom is -0.462 e. The maximum atomic E-state index is 13.0. The van der Waals surface area contributed by atoms with Crippen LogP contribution in [-0.2, 0) is 6.61 Å². The van der Waals surface area contributed by atoms with Crippen LogP contribution in [0.5, 0.6) is 0 Å². The van der Waals surface area contributed by atoms with Crippen LogP contribution in [-0.4, -0.2) is 19.7 Å². The van der Waals surface area contributed by atoms with Crippen LogP contribution in [0.4, 0.5) is 4.39 Å². The number of benzene rings is 1. The predicted octanol–water partition coefficient (Wildman–Crippen LogP) is 3.35. The largest absolute Gasteiger partial charge is 0.462 e. The molecule has 0 radical (unpaired) electrons. The summed E-state index contributed by atoms with van der Waals surface area (Å²) in [5.74, 6) is 0.344. The van der Waals surface area contributed by atoms with Crippen molar-refractivity contribution in [3.05, 3.63) is 54.2 Å². The summed E-state index contributed by atoms with van der Waals surface area (Å²) in [6, 6.07) is 9.61. The van der Waals surface area contributed by atoms with Crippen molar-refractivity contribution in [2.24, 2.45) is 0 Å². The van der Waals surface area contributed by atoms with E-state index in [0.29, 0.717) is 27.1 Å². The highest BCUT2D eigenvalue weighted by Gasteiger charge is 2.18. The molecule has 1 N–H and O–H groups in total. The molecule has 1 aromatic carbocycles. The first kappa shape index (κ1) is 13.2. The summed E-state index contributed by atoms with van der Waals surface area (Å²) >= 11 is 1.36. The van der Waals surface area contributed by atoms with Crippen molar-refractivity contribution < 1.29 is 13.9 Å². The van der Waals surface area contributed by atoms with Gasteiger partial charge >= 0.3 is 0 Å². The standard InChI is InChI=1S/C15H10FN3O2S/c16-10-5-3-9(4-6-10)13-11(8-20)19-15(17-13)22-14(18-19)12-2-1-7-21-12/h1-7,20H,8H2. The number of hydrogen-bond acceptors (Lipinski definition) is 5. The fourth-order valence-electron chi connectivity index (χ4n) is 2.27. The zero-order chi connectivity index (χ0) is 15.1. The van der Waals surface area contributed by atoms with Gasteiger partial charge in [0, 0.05) is 5.56 Å². The Morgan fingerprint density at radius 3 is 2.73 bits per heavy atom. The molecule has 0 atom stereocenters. The van der Waals surface area contributed by atoms with E-state index in [4.69, 9.17) is 4.42 Å². The SMILES string of the molecule is OCc1c(-c2ccc(F)cc2)nc2sc(-c3ccco3)nn12. The number of aromatic nitrogens is 3. The van der Waals surface area contributed by atoms with Gasteiger partial charge in [0.05, 0.1) is 24.3 Å². The third-order valence-electron chi connectivity index (χ3n) is 3.30. The quantitative estimate of drug-likeness (QED) is 0.630. The molecule has 5 nitrogen and oxygen atoms in total. The van der Waals surface area contributed by atoms with Gasteiger partial charge in [0.15, 0.2) is 10.8 Å². The molecule has 0 unspecified atom stereocenters. The predicted molar refractivity (Wildman–Crippen MR) is 79.9 cm³/mol. The first-order chi connectivity index (χ1) is 10.8. The lowest BCUT2D eigenvalue weighted by Gasteiger charge is -2.00. The Kier molecular flexibility index (Phi) is 3.02. The van der Waals surface area contributed by atoms with Crippen LogP contribution in [0, 0.1) is 5.82 Å². The van der Waals surface area contributed by atoms with E-state index in [-0.39, 0.29) is 12.4 Å². The molecule has 0 amide bonds. The third kappa shape index (κ3) is 2.02. The Morgan fingerprint density at radius 1 is 1.23 bits per heavy atom. The Labute approximate surface area is 128 Å². The van der Waals surface area contributed by atoms with E-state index in [1.807, 2.05) is 6.07 Å². The van der Waals surface area contributed by atoms with Gasteiger partial charge in [-0.3, -0.25) is 0 Å². The summed E-state index contributed by atoms with van der Waals surface area (Å²) in [6.45, 7) is -0.213. The van der Waals surface area contributed by atoms with Gasteiger partial charge in [0.1, 0.15) is 5.82 Å². The van der Waals surface area contributed by atoms with Gasteiger partial charge in [-0.2, -0.15) is 5.10 Å². The Bertz CT molecular complexity index is 926. The molecule has 4 aromatic rings. The summed E-state index contributed by atoms with van der Waals surface area (Å²) in [4.78, 5) is 5.16. The molecular weight excluding hydrogens is 305 g/mol. The van der Waals surface area contributed by atoms with Crippen LogP contribution >= 0.6 is 11.3 Å². The molecule has 0 spiro atoms. The maximum absolute atomic E-state index is 13.0. The molecule has 0 aliphatic rings. The molecule has 3 aromatic heterocycles. The summed E-state index contributed by atoms with van der Waals surface area (Å²) in [6.07, 6.45) is 1.58. The normalized spacial score (nSPS) is 11.4. The van der Waals surface area contributed by atoms with Crippen molar-refractivity contribution in [1.29, 1.82) is 0 Å². The van der Waals surface area contributed by atoms with Crippen LogP contribution in [0.3, 0.4) is 0 Å². The lowest BCUT2D eigenvalue weighted by molar-refractivity contribution is 0.275. The zero-order valence-corrected chi connectivity index (χ0v) is 12.0. The zero-order valence-electron chi connectivity index (χ0n) is 11.2. The third-order valence-corrected chi connectivity index (χ3v) is 4.22. The van der Waals surface area contributed by atoms with Crippen molar-refractivity contribution in [3.8, 4) is 22.0 Å². The number of fused-ring (bicyclic) bond motifs is 1. The molecule has 0 aliphatic heterocycles. The van der Waals surface area contributed by atoms with Crippen molar-refractivity contribution in [1.82, 2.24) is 14.6 Å². The number of aliphatic hydroxyl groups excluding tert-OH is 1. The molecule has 0 saturated carbocycles. The van der Waals surface area contributed by atoms with Gasteiger partial charge in [0.25, 0.3) is 0 Å². The summed E-state index contributed by atoms with van der Waals surface area (Å²) in [5, 5.41) is 14.8. The Balaban J connectivity index is 1.87.